The predicted molar refractivity (Wildman–Crippen MR) is 74.2 cm³/mol. The number of nitro benzene ring substituents is 1. The van der Waals surface area contributed by atoms with E-state index in [1.165, 1.54) is 12.1 Å². The zero-order chi connectivity index (χ0) is 14.7. The number of carboxylic acid groups (broad SMARTS) is 1. The first kappa shape index (κ1) is 13.3. The summed E-state index contributed by atoms with van der Waals surface area (Å²) in [5.41, 5.74) is 6.46. The molecule has 7 nitrogen and oxygen atoms in total. The number of aromatic carboxylic acids is 1. The Labute approximate surface area is 113 Å². The van der Waals surface area contributed by atoms with Gasteiger partial charge >= 0.3 is 5.97 Å². The van der Waals surface area contributed by atoms with E-state index in [2.05, 4.69) is 5.32 Å². The molecule has 0 atom stereocenters. The van der Waals surface area contributed by atoms with Gasteiger partial charge < -0.3 is 16.2 Å². The normalized spacial score (nSPS) is 10.0. The number of nitrogen functional groups attached to an aromatic ring is 1. The molecule has 0 bridgehead atoms. The highest BCUT2D eigenvalue weighted by Crippen LogP contribution is 2.29. The third-order valence-electron chi connectivity index (χ3n) is 2.61. The van der Waals surface area contributed by atoms with E-state index in [0.717, 1.165) is 6.07 Å². The van der Waals surface area contributed by atoms with E-state index in [9.17, 15) is 14.9 Å². The Hall–Kier alpha value is -3.09. The molecule has 20 heavy (non-hydrogen) atoms. The van der Waals surface area contributed by atoms with E-state index in [-0.39, 0.29) is 16.9 Å². The highest BCUT2D eigenvalue weighted by Gasteiger charge is 2.17. The quantitative estimate of drug-likeness (QED) is 0.447. The molecule has 0 spiro atoms. The summed E-state index contributed by atoms with van der Waals surface area (Å²) in [6, 6.07) is 10.4. The molecule has 0 aromatic heterocycles. The second-order valence-corrected chi connectivity index (χ2v) is 4.04. The summed E-state index contributed by atoms with van der Waals surface area (Å²) in [6.07, 6.45) is 0. The van der Waals surface area contributed by atoms with Gasteiger partial charge in [-0.2, -0.15) is 0 Å². The Morgan fingerprint density at radius 1 is 1.25 bits per heavy atom. The molecule has 0 aliphatic rings. The number of hydrogen-bond donors (Lipinski definition) is 3. The van der Waals surface area contributed by atoms with Crippen molar-refractivity contribution in [3.63, 3.8) is 0 Å². The van der Waals surface area contributed by atoms with Gasteiger partial charge in [0, 0.05) is 17.4 Å². The molecule has 4 N–H and O–H groups in total. The number of carbonyl (C=O) groups is 1. The van der Waals surface area contributed by atoms with Gasteiger partial charge in [0.2, 0.25) is 0 Å². The van der Waals surface area contributed by atoms with Crippen LogP contribution >= 0.6 is 0 Å². The van der Waals surface area contributed by atoms with Crippen LogP contribution in [-0.4, -0.2) is 16.0 Å². The minimum Gasteiger partial charge on any atom is -0.478 e. The number of nitrogens with one attached hydrogen (secondary N) is 1. The van der Waals surface area contributed by atoms with Crippen molar-refractivity contribution in [3.05, 3.63) is 58.1 Å². The van der Waals surface area contributed by atoms with E-state index >= 15 is 0 Å². The van der Waals surface area contributed by atoms with Gasteiger partial charge in [0.15, 0.2) is 0 Å². The van der Waals surface area contributed by atoms with Crippen LogP contribution in [0, 0.1) is 10.1 Å². The topological polar surface area (TPSA) is 118 Å². The van der Waals surface area contributed by atoms with Crippen molar-refractivity contribution in [2.45, 2.75) is 0 Å². The summed E-state index contributed by atoms with van der Waals surface area (Å²) in [7, 11) is 0. The van der Waals surface area contributed by atoms with E-state index < -0.39 is 10.9 Å². The number of carboxylic acids is 1. The van der Waals surface area contributed by atoms with Gasteiger partial charge in [0.05, 0.1) is 10.5 Å². The average Bonchev–Trinajstić information content (AvgIpc) is 2.38. The third-order valence-corrected chi connectivity index (χ3v) is 2.61. The number of nitro groups is 1. The summed E-state index contributed by atoms with van der Waals surface area (Å²) in [4.78, 5) is 21.2. The Morgan fingerprint density at radius 2 is 2.00 bits per heavy atom. The van der Waals surface area contributed by atoms with Gasteiger partial charge in [-0.25, -0.2) is 4.79 Å². The summed E-state index contributed by atoms with van der Waals surface area (Å²) < 4.78 is 0. The molecule has 2 aromatic carbocycles. The van der Waals surface area contributed by atoms with Crippen LogP contribution in [-0.2, 0) is 0 Å². The van der Waals surface area contributed by atoms with Gasteiger partial charge in [-0.1, -0.05) is 6.07 Å². The Balaban J connectivity index is 2.41. The summed E-state index contributed by atoms with van der Waals surface area (Å²) in [5.74, 6) is -1.22. The molecule has 0 amide bonds. The molecule has 0 saturated carbocycles. The fourth-order valence-corrected chi connectivity index (χ4v) is 1.69. The molecule has 2 rings (SSSR count). The first-order chi connectivity index (χ1) is 9.47. The lowest BCUT2D eigenvalue weighted by atomic mass is 10.1. The zero-order valence-electron chi connectivity index (χ0n) is 10.2. The minimum atomic E-state index is -1.22. The SMILES string of the molecule is Nc1cccc(Nc2ccc(C(=O)O)cc2[N+](=O)[O-])c1. The van der Waals surface area contributed by atoms with Crippen LogP contribution in [0.3, 0.4) is 0 Å². The maximum absolute atomic E-state index is 11.0. The van der Waals surface area contributed by atoms with Crippen molar-refractivity contribution in [2.75, 3.05) is 11.1 Å². The van der Waals surface area contributed by atoms with Crippen LogP contribution in [0.25, 0.3) is 0 Å². The van der Waals surface area contributed by atoms with Gasteiger partial charge in [-0.05, 0) is 30.3 Å². The number of benzene rings is 2. The van der Waals surface area contributed by atoms with E-state index in [1.54, 1.807) is 24.3 Å². The summed E-state index contributed by atoms with van der Waals surface area (Å²) in [5, 5.41) is 22.7. The highest BCUT2D eigenvalue weighted by molar-refractivity contribution is 5.90. The largest absolute Gasteiger partial charge is 0.478 e. The molecule has 0 unspecified atom stereocenters. The molecular weight excluding hydrogens is 262 g/mol. The molecule has 0 aliphatic carbocycles. The van der Waals surface area contributed by atoms with Gasteiger partial charge in [0.25, 0.3) is 5.69 Å². The van der Waals surface area contributed by atoms with Crippen LogP contribution < -0.4 is 11.1 Å². The van der Waals surface area contributed by atoms with E-state index in [1.807, 2.05) is 0 Å². The first-order valence-corrected chi connectivity index (χ1v) is 5.61. The highest BCUT2D eigenvalue weighted by atomic mass is 16.6. The van der Waals surface area contributed by atoms with Gasteiger partial charge in [0.1, 0.15) is 5.69 Å². The number of anilines is 3. The first-order valence-electron chi connectivity index (χ1n) is 5.61. The smallest absolute Gasteiger partial charge is 0.335 e. The maximum atomic E-state index is 11.0. The van der Waals surface area contributed by atoms with Crippen LogP contribution in [0.15, 0.2) is 42.5 Å². The van der Waals surface area contributed by atoms with Crippen molar-refractivity contribution >= 4 is 28.7 Å². The van der Waals surface area contributed by atoms with Crippen molar-refractivity contribution in [3.8, 4) is 0 Å². The monoisotopic (exact) mass is 273 g/mol. The Kier molecular flexibility index (Phi) is 3.52. The molecular formula is C13H11N3O4. The number of rotatable bonds is 4. The van der Waals surface area contributed by atoms with Crippen LogP contribution in [0.1, 0.15) is 10.4 Å². The maximum Gasteiger partial charge on any atom is 0.335 e. The molecule has 0 heterocycles. The van der Waals surface area contributed by atoms with E-state index in [0.29, 0.717) is 11.4 Å². The second-order valence-electron chi connectivity index (χ2n) is 4.04. The van der Waals surface area contributed by atoms with E-state index in [4.69, 9.17) is 10.8 Å². The van der Waals surface area contributed by atoms with Crippen molar-refractivity contribution in [1.29, 1.82) is 0 Å². The standard InChI is InChI=1S/C13H11N3O4/c14-9-2-1-3-10(7-9)15-11-5-4-8(13(17)18)6-12(11)16(19)20/h1-7,15H,14H2,(H,17,18). The average molecular weight is 273 g/mol. The fourth-order valence-electron chi connectivity index (χ4n) is 1.69. The number of nitrogens with zero attached hydrogens (tertiary/aromatic N) is 1. The molecule has 2 aromatic rings. The molecule has 102 valence electrons. The Morgan fingerprint density at radius 3 is 2.60 bits per heavy atom. The lowest BCUT2D eigenvalue weighted by molar-refractivity contribution is -0.383. The zero-order valence-corrected chi connectivity index (χ0v) is 10.2. The molecule has 7 heteroatoms. The van der Waals surface area contributed by atoms with Gasteiger partial charge in [-0.3, -0.25) is 10.1 Å². The van der Waals surface area contributed by atoms with Crippen LogP contribution in [0.2, 0.25) is 0 Å². The number of nitrogens with two attached hydrogens (primary N) is 1. The predicted octanol–water partition coefficient (Wildman–Crippen LogP) is 2.62. The van der Waals surface area contributed by atoms with Crippen molar-refractivity contribution in [1.82, 2.24) is 0 Å². The lowest BCUT2D eigenvalue weighted by Gasteiger charge is -2.08. The molecule has 0 aliphatic heterocycles. The third kappa shape index (κ3) is 2.83. The number of hydrogen-bond acceptors (Lipinski definition) is 5. The second kappa shape index (κ2) is 5.27. The molecule has 0 radical (unpaired) electrons. The Bertz CT molecular complexity index is 685. The summed E-state index contributed by atoms with van der Waals surface area (Å²) in [6.45, 7) is 0. The van der Waals surface area contributed by atoms with Gasteiger partial charge in [-0.15, -0.1) is 0 Å². The van der Waals surface area contributed by atoms with Crippen LogP contribution in [0.4, 0.5) is 22.7 Å². The van der Waals surface area contributed by atoms with Crippen LogP contribution in [0.5, 0.6) is 0 Å². The lowest BCUT2D eigenvalue weighted by Crippen LogP contribution is -2.02. The molecule has 0 saturated heterocycles. The molecule has 0 fully saturated rings. The minimum absolute atomic E-state index is 0.144. The van der Waals surface area contributed by atoms with Crippen molar-refractivity contribution in [2.24, 2.45) is 0 Å². The van der Waals surface area contributed by atoms with Crippen molar-refractivity contribution < 1.29 is 14.8 Å². The fraction of sp³-hybridized carbons (Fsp3) is 0. The summed E-state index contributed by atoms with van der Waals surface area (Å²) >= 11 is 0.